The van der Waals surface area contributed by atoms with Crippen LogP contribution in [0.5, 0.6) is 0 Å². The summed E-state index contributed by atoms with van der Waals surface area (Å²) < 4.78 is 15.3. The predicted octanol–water partition coefficient (Wildman–Crippen LogP) is 4.72. The van der Waals surface area contributed by atoms with Gasteiger partial charge in [0.05, 0.1) is 5.75 Å². The number of hydrogen-bond acceptors (Lipinski definition) is 8. The molecule has 0 saturated carbocycles. The molecular weight excluding hydrogens is 473 g/mol. The Kier molecular flexibility index (Phi) is 6.36. The molecule has 0 bridgehead atoms. The fourth-order valence-electron chi connectivity index (χ4n) is 3.13. The number of pyridine rings is 1. The lowest BCUT2D eigenvalue weighted by Crippen LogP contribution is -2.14. The average molecular weight is 490 g/mol. The van der Waals surface area contributed by atoms with Gasteiger partial charge in [0.25, 0.3) is 0 Å². The molecule has 1 N–H and O–H groups in total. The molecule has 0 aliphatic heterocycles. The van der Waals surface area contributed by atoms with Crippen molar-refractivity contribution in [3.8, 4) is 27.6 Å². The molecular formula is C23H16FN7OS2. The highest BCUT2D eigenvalue weighted by molar-refractivity contribution is 7.99. The lowest BCUT2D eigenvalue weighted by molar-refractivity contribution is -0.113. The topological polar surface area (TPSA) is 98.5 Å². The van der Waals surface area contributed by atoms with Crippen LogP contribution >= 0.6 is 23.1 Å². The zero-order valence-electron chi connectivity index (χ0n) is 17.5. The molecule has 2 aromatic carbocycles. The summed E-state index contributed by atoms with van der Waals surface area (Å²) >= 11 is 2.52. The second-order valence-electron chi connectivity index (χ2n) is 6.97. The van der Waals surface area contributed by atoms with Crippen molar-refractivity contribution in [3.05, 3.63) is 84.9 Å². The Bertz CT molecular complexity index is 1410. The van der Waals surface area contributed by atoms with Crippen molar-refractivity contribution >= 4 is 34.1 Å². The van der Waals surface area contributed by atoms with E-state index in [1.54, 1.807) is 29.1 Å². The third-order valence-corrected chi connectivity index (χ3v) is 6.50. The largest absolute Gasteiger partial charge is 0.300 e. The number of anilines is 1. The Morgan fingerprint density at radius 3 is 2.44 bits per heavy atom. The van der Waals surface area contributed by atoms with Crippen LogP contribution in [0.15, 0.2) is 84.3 Å². The first-order chi connectivity index (χ1) is 16.7. The summed E-state index contributed by atoms with van der Waals surface area (Å²) in [6.45, 7) is 0. The van der Waals surface area contributed by atoms with Gasteiger partial charge in [-0.05, 0) is 36.4 Å². The van der Waals surface area contributed by atoms with Gasteiger partial charge in [-0.3, -0.25) is 19.7 Å². The van der Waals surface area contributed by atoms with Crippen LogP contribution in [-0.2, 0) is 4.79 Å². The molecule has 0 saturated heterocycles. The van der Waals surface area contributed by atoms with Gasteiger partial charge >= 0.3 is 0 Å². The Morgan fingerprint density at radius 1 is 0.912 bits per heavy atom. The second-order valence-corrected chi connectivity index (χ2v) is 8.89. The molecule has 0 unspecified atom stereocenters. The van der Waals surface area contributed by atoms with Gasteiger partial charge in [-0.2, -0.15) is 0 Å². The van der Waals surface area contributed by atoms with Crippen LogP contribution < -0.4 is 5.32 Å². The Hall–Kier alpha value is -3.96. The lowest BCUT2D eigenvalue weighted by Gasteiger charge is -2.10. The number of nitrogens with one attached hydrogen (secondary N) is 1. The second kappa shape index (κ2) is 9.89. The summed E-state index contributed by atoms with van der Waals surface area (Å²) in [6.07, 6.45) is 3.32. The minimum atomic E-state index is -0.345. The quantitative estimate of drug-likeness (QED) is 0.330. The van der Waals surface area contributed by atoms with Crippen LogP contribution in [0, 0.1) is 5.82 Å². The van der Waals surface area contributed by atoms with Gasteiger partial charge in [0.15, 0.2) is 11.0 Å². The number of carbonyl (C=O) groups is 1. The van der Waals surface area contributed by atoms with Crippen molar-refractivity contribution in [2.75, 3.05) is 11.1 Å². The number of halogens is 1. The first kappa shape index (κ1) is 21.9. The van der Waals surface area contributed by atoms with Crippen LogP contribution in [-0.4, -0.2) is 41.6 Å². The van der Waals surface area contributed by atoms with Crippen molar-refractivity contribution in [1.29, 1.82) is 0 Å². The van der Waals surface area contributed by atoms with E-state index in [0.717, 1.165) is 16.1 Å². The van der Waals surface area contributed by atoms with E-state index in [4.69, 9.17) is 0 Å². The molecule has 1 amide bonds. The van der Waals surface area contributed by atoms with E-state index in [-0.39, 0.29) is 17.5 Å². The van der Waals surface area contributed by atoms with Gasteiger partial charge in [0, 0.05) is 29.2 Å². The molecule has 3 aromatic heterocycles. The SMILES string of the molecule is O=C(CSc1nnc(-c2ccncc2)n1-c1ccc(F)cc1)Nc1nnc(-c2ccccc2)s1. The molecule has 168 valence electrons. The zero-order chi connectivity index (χ0) is 23.3. The van der Waals surface area contributed by atoms with E-state index in [2.05, 4.69) is 30.7 Å². The summed E-state index contributed by atoms with van der Waals surface area (Å²) in [5, 5.41) is 21.2. The maximum atomic E-state index is 13.5. The number of rotatable bonds is 7. The highest BCUT2D eigenvalue weighted by Crippen LogP contribution is 2.29. The minimum Gasteiger partial charge on any atom is -0.300 e. The van der Waals surface area contributed by atoms with Gasteiger partial charge in [0.2, 0.25) is 11.0 Å². The van der Waals surface area contributed by atoms with Gasteiger partial charge in [0.1, 0.15) is 10.8 Å². The number of amides is 1. The van der Waals surface area contributed by atoms with Crippen molar-refractivity contribution in [1.82, 2.24) is 29.9 Å². The van der Waals surface area contributed by atoms with Gasteiger partial charge < -0.3 is 0 Å². The highest BCUT2D eigenvalue weighted by atomic mass is 32.2. The van der Waals surface area contributed by atoms with Gasteiger partial charge in [-0.15, -0.1) is 20.4 Å². The van der Waals surface area contributed by atoms with Crippen LogP contribution in [0.3, 0.4) is 0 Å². The van der Waals surface area contributed by atoms with E-state index >= 15 is 0 Å². The van der Waals surface area contributed by atoms with Crippen molar-refractivity contribution < 1.29 is 9.18 Å². The molecule has 0 aliphatic carbocycles. The minimum absolute atomic E-state index is 0.0793. The molecule has 0 radical (unpaired) electrons. The molecule has 5 aromatic rings. The van der Waals surface area contributed by atoms with E-state index in [0.29, 0.717) is 21.8 Å². The molecule has 0 atom stereocenters. The fourth-order valence-corrected chi connectivity index (χ4v) is 4.65. The molecule has 5 rings (SSSR count). The lowest BCUT2D eigenvalue weighted by atomic mass is 10.2. The molecule has 8 nitrogen and oxygen atoms in total. The maximum absolute atomic E-state index is 13.5. The fraction of sp³-hybridized carbons (Fsp3) is 0.0435. The number of aromatic nitrogens is 6. The maximum Gasteiger partial charge on any atom is 0.236 e. The van der Waals surface area contributed by atoms with E-state index in [1.807, 2.05) is 42.5 Å². The summed E-state index contributed by atoms with van der Waals surface area (Å²) in [4.78, 5) is 16.6. The highest BCUT2D eigenvalue weighted by Gasteiger charge is 2.18. The van der Waals surface area contributed by atoms with Crippen LogP contribution in [0.2, 0.25) is 0 Å². The van der Waals surface area contributed by atoms with Crippen molar-refractivity contribution in [2.45, 2.75) is 5.16 Å². The van der Waals surface area contributed by atoms with E-state index in [9.17, 15) is 9.18 Å². The molecule has 3 heterocycles. The Morgan fingerprint density at radius 2 is 1.68 bits per heavy atom. The normalized spacial score (nSPS) is 10.9. The third-order valence-electron chi connectivity index (χ3n) is 4.68. The summed E-state index contributed by atoms with van der Waals surface area (Å²) in [5.41, 5.74) is 2.41. The summed E-state index contributed by atoms with van der Waals surface area (Å²) in [7, 11) is 0. The number of benzene rings is 2. The Labute approximate surface area is 201 Å². The monoisotopic (exact) mass is 489 g/mol. The smallest absolute Gasteiger partial charge is 0.236 e. The molecule has 11 heteroatoms. The zero-order valence-corrected chi connectivity index (χ0v) is 19.1. The van der Waals surface area contributed by atoms with E-state index in [1.165, 1.54) is 35.2 Å². The molecule has 0 spiro atoms. The van der Waals surface area contributed by atoms with Crippen LogP contribution in [0.1, 0.15) is 0 Å². The van der Waals surface area contributed by atoms with Crippen molar-refractivity contribution in [3.63, 3.8) is 0 Å². The van der Waals surface area contributed by atoms with Crippen LogP contribution in [0.4, 0.5) is 9.52 Å². The number of carbonyl (C=O) groups excluding carboxylic acids is 1. The standard InChI is InChI=1S/C23H16FN7OS2/c24-17-6-8-18(9-7-17)31-20(15-10-12-25-13-11-15)27-30-23(31)33-14-19(32)26-22-29-28-21(34-22)16-4-2-1-3-5-16/h1-13H,14H2,(H,26,29,32). The first-order valence-corrected chi connectivity index (χ1v) is 11.9. The van der Waals surface area contributed by atoms with Crippen LogP contribution in [0.25, 0.3) is 27.6 Å². The molecule has 34 heavy (non-hydrogen) atoms. The Balaban J connectivity index is 1.33. The number of hydrogen-bond donors (Lipinski definition) is 1. The third kappa shape index (κ3) is 4.85. The summed E-state index contributed by atoms with van der Waals surface area (Å²) in [5.74, 6) is 0.0480. The van der Waals surface area contributed by atoms with Gasteiger partial charge in [-0.1, -0.05) is 53.4 Å². The molecule has 0 aliphatic rings. The predicted molar refractivity (Wildman–Crippen MR) is 129 cm³/mol. The van der Waals surface area contributed by atoms with Gasteiger partial charge in [-0.25, -0.2) is 4.39 Å². The average Bonchev–Trinajstić information content (AvgIpc) is 3.52. The first-order valence-electron chi connectivity index (χ1n) is 10.1. The molecule has 0 fully saturated rings. The number of nitrogens with zero attached hydrogens (tertiary/aromatic N) is 6. The number of thioether (sulfide) groups is 1. The summed E-state index contributed by atoms with van der Waals surface area (Å²) in [6, 6.07) is 19.3. The van der Waals surface area contributed by atoms with Crippen molar-refractivity contribution in [2.24, 2.45) is 0 Å². The van der Waals surface area contributed by atoms with E-state index < -0.39 is 0 Å².